The van der Waals surface area contributed by atoms with Crippen molar-refractivity contribution in [2.45, 2.75) is 78.1 Å². The van der Waals surface area contributed by atoms with Crippen molar-refractivity contribution < 1.29 is 9.84 Å². The van der Waals surface area contributed by atoms with E-state index in [-0.39, 0.29) is 0 Å². The van der Waals surface area contributed by atoms with Crippen molar-refractivity contribution in [3.05, 3.63) is 42.0 Å². The average Bonchev–Trinajstić information content (AvgIpc) is 2.43. The van der Waals surface area contributed by atoms with E-state index in [4.69, 9.17) is 4.74 Å². The van der Waals surface area contributed by atoms with Crippen LogP contribution in [0.4, 0.5) is 0 Å². The van der Waals surface area contributed by atoms with E-state index >= 15 is 0 Å². The van der Waals surface area contributed by atoms with Gasteiger partial charge in [-0.1, -0.05) is 50.3 Å². The molecule has 2 nitrogen and oxygen atoms in total. The maximum absolute atomic E-state index is 10.5. The van der Waals surface area contributed by atoms with E-state index in [0.717, 1.165) is 29.5 Å². The maximum atomic E-state index is 10.5. The Hall–Kier alpha value is -1.12. The van der Waals surface area contributed by atoms with Gasteiger partial charge in [-0.25, -0.2) is 0 Å². The summed E-state index contributed by atoms with van der Waals surface area (Å²) < 4.78 is 6.57. The van der Waals surface area contributed by atoms with E-state index in [1.807, 2.05) is 32.9 Å². The van der Waals surface area contributed by atoms with Crippen molar-refractivity contribution in [2.24, 2.45) is 0 Å². The van der Waals surface area contributed by atoms with Crippen molar-refractivity contribution in [1.82, 2.24) is 0 Å². The molecule has 1 N–H and O–H groups in total. The van der Waals surface area contributed by atoms with Crippen LogP contribution in [-0.2, 0) is 10.3 Å². The van der Waals surface area contributed by atoms with Gasteiger partial charge < -0.3 is 9.84 Å². The zero-order valence-corrected chi connectivity index (χ0v) is 15.3. The number of ether oxygens (including phenoxy) is 1. The molecule has 0 saturated heterocycles. The molecule has 0 saturated carbocycles. The number of hydrogen-bond acceptors (Lipinski definition) is 2. The Labute approximate surface area is 136 Å². The molecule has 0 radical (unpaired) electrons. The van der Waals surface area contributed by atoms with E-state index in [0.29, 0.717) is 0 Å². The van der Waals surface area contributed by atoms with Gasteiger partial charge in [-0.3, -0.25) is 0 Å². The minimum atomic E-state index is -0.930. The Kier molecular flexibility index (Phi) is 5.64. The zero-order chi connectivity index (χ0) is 17.2. The summed E-state index contributed by atoms with van der Waals surface area (Å²) in [5, 5.41) is 10.5. The summed E-state index contributed by atoms with van der Waals surface area (Å²) in [5.74, 6) is 0. The van der Waals surface area contributed by atoms with Crippen LogP contribution < -0.4 is 0 Å². The van der Waals surface area contributed by atoms with Gasteiger partial charge in [0.2, 0.25) is 0 Å². The minimum absolute atomic E-state index is 0.432. The number of hydrogen-bond donors (Lipinski definition) is 1. The number of aliphatic hydroxyl groups is 1. The summed E-state index contributed by atoms with van der Waals surface area (Å²) in [6, 6.07) is 8.29. The van der Waals surface area contributed by atoms with Gasteiger partial charge in [0.1, 0.15) is 0 Å². The largest absolute Gasteiger partial charge is 0.387 e. The molecule has 0 heterocycles. The molecule has 0 aliphatic heterocycles. The molecular formula is C20H32O2. The third-order valence-electron chi connectivity index (χ3n) is 4.94. The van der Waals surface area contributed by atoms with Gasteiger partial charge in [-0.15, -0.1) is 0 Å². The predicted octanol–water partition coefficient (Wildman–Crippen LogP) is 5.30. The highest BCUT2D eigenvalue weighted by Crippen LogP contribution is 2.42. The molecule has 0 spiro atoms. The lowest BCUT2D eigenvalue weighted by Gasteiger charge is -2.46. The molecule has 0 aromatic heterocycles. The van der Waals surface area contributed by atoms with Crippen LogP contribution in [0.3, 0.4) is 0 Å². The van der Waals surface area contributed by atoms with Crippen LogP contribution in [0.5, 0.6) is 0 Å². The van der Waals surface area contributed by atoms with Crippen LogP contribution in [0.25, 0.3) is 5.57 Å². The first kappa shape index (κ1) is 18.9. The molecule has 0 bridgehead atoms. The molecule has 124 valence electrons. The summed E-state index contributed by atoms with van der Waals surface area (Å²) in [7, 11) is 0. The second kappa shape index (κ2) is 6.55. The molecule has 1 aromatic carbocycles. The lowest BCUT2D eigenvalue weighted by atomic mass is 9.81. The molecule has 0 unspecified atom stereocenters. The Bertz CT molecular complexity index is 517. The molecular weight excluding hydrogens is 272 g/mol. The second-order valence-corrected chi connectivity index (χ2v) is 7.20. The molecule has 0 fully saturated rings. The molecule has 1 rings (SSSR count). The number of benzene rings is 1. The lowest BCUT2D eigenvalue weighted by molar-refractivity contribution is -0.221. The van der Waals surface area contributed by atoms with Gasteiger partial charge in [0.15, 0.2) is 0 Å². The summed E-state index contributed by atoms with van der Waals surface area (Å²) >= 11 is 0. The van der Waals surface area contributed by atoms with Crippen LogP contribution in [-0.4, -0.2) is 16.3 Å². The van der Waals surface area contributed by atoms with Crippen LogP contribution in [0.2, 0.25) is 0 Å². The van der Waals surface area contributed by atoms with Crippen molar-refractivity contribution in [2.75, 3.05) is 0 Å². The van der Waals surface area contributed by atoms with Crippen LogP contribution in [0.1, 0.15) is 72.4 Å². The topological polar surface area (TPSA) is 29.5 Å². The Morgan fingerprint density at radius 2 is 1.59 bits per heavy atom. The van der Waals surface area contributed by atoms with E-state index in [2.05, 4.69) is 32.6 Å². The second-order valence-electron chi connectivity index (χ2n) is 7.20. The predicted molar refractivity (Wildman–Crippen MR) is 94.9 cm³/mol. The maximum Gasteiger partial charge on any atom is 0.0940 e. The smallest absolute Gasteiger partial charge is 0.0940 e. The first-order valence-corrected chi connectivity index (χ1v) is 8.18. The Morgan fingerprint density at radius 3 is 2.00 bits per heavy atom. The summed E-state index contributed by atoms with van der Waals surface area (Å²) in [4.78, 5) is 0. The fourth-order valence-electron chi connectivity index (χ4n) is 2.70. The summed E-state index contributed by atoms with van der Waals surface area (Å²) in [6.45, 7) is 17.9. The number of rotatable bonds is 7. The zero-order valence-electron chi connectivity index (χ0n) is 15.3. The molecule has 0 aliphatic rings. The van der Waals surface area contributed by atoms with Gasteiger partial charge in [0.05, 0.1) is 16.8 Å². The van der Waals surface area contributed by atoms with Gasteiger partial charge >= 0.3 is 0 Å². The van der Waals surface area contributed by atoms with E-state index in [1.165, 1.54) is 0 Å². The first-order valence-electron chi connectivity index (χ1n) is 8.18. The minimum Gasteiger partial charge on any atom is -0.387 e. The SMILES string of the molecule is C=C(C)c1ccccc1C(CC)(CC)OC(C)(C)C(C)(C)O. The van der Waals surface area contributed by atoms with Gasteiger partial charge in [-0.05, 0) is 58.6 Å². The van der Waals surface area contributed by atoms with Crippen molar-refractivity contribution >= 4 is 5.57 Å². The van der Waals surface area contributed by atoms with Gasteiger partial charge in [-0.2, -0.15) is 0 Å². The lowest BCUT2D eigenvalue weighted by Crippen LogP contribution is -2.52. The highest BCUT2D eigenvalue weighted by Gasteiger charge is 2.44. The standard InChI is InChI=1S/C20H32O2/c1-9-20(10-2,22-19(7,8)18(5,6)21)17-14-12-11-13-16(17)15(3)4/h11-14,21H,3,9-10H2,1-2,4-8H3. The van der Waals surface area contributed by atoms with Crippen LogP contribution in [0.15, 0.2) is 30.8 Å². The first-order chi connectivity index (χ1) is 10.0. The molecule has 0 atom stereocenters. The van der Waals surface area contributed by atoms with E-state index < -0.39 is 16.8 Å². The molecule has 2 heteroatoms. The van der Waals surface area contributed by atoms with Crippen molar-refractivity contribution in [1.29, 1.82) is 0 Å². The van der Waals surface area contributed by atoms with Crippen molar-refractivity contribution in [3.63, 3.8) is 0 Å². The van der Waals surface area contributed by atoms with Gasteiger partial charge in [0.25, 0.3) is 0 Å². The van der Waals surface area contributed by atoms with Gasteiger partial charge in [0, 0.05) is 0 Å². The summed E-state index contributed by atoms with van der Waals surface area (Å²) in [6.07, 6.45) is 1.68. The number of allylic oxidation sites excluding steroid dienone is 1. The highest BCUT2D eigenvalue weighted by molar-refractivity contribution is 5.65. The molecule has 1 aromatic rings. The van der Waals surface area contributed by atoms with Crippen LogP contribution in [0, 0.1) is 0 Å². The Balaban J connectivity index is 3.43. The van der Waals surface area contributed by atoms with Crippen molar-refractivity contribution in [3.8, 4) is 0 Å². The molecule has 22 heavy (non-hydrogen) atoms. The average molecular weight is 304 g/mol. The fraction of sp³-hybridized carbons (Fsp3) is 0.600. The third kappa shape index (κ3) is 3.61. The van der Waals surface area contributed by atoms with Crippen LogP contribution >= 0.6 is 0 Å². The Morgan fingerprint density at radius 1 is 1.09 bits per heavy atom. The normalized spacial score (nSPS) is 13.3. The van der Waals surface area contributed by atoms with E-state index in [9.17, 15) is 5.11 Å². The molecule has 0 aliphatic carbocycles. The fourth-order valence-corrected chi connectivity index (χ4v) is 2.70. The monoisotopic (exact) mass is 304 g/mol. The summed E-state index contributed by atoms with van der Waals surface area (Å²) in [5.41, 5.74) is 1.30. The molecule has 0 amide bonds. The highest BCUT2D eigenvalue weighted by atomic mass is 16.5. The van der Waals surface area contributed by atoms with E-state index in [1.54, 1.807) is 13.8 Å². The third-order valence-corrected chi connectivity index (χ3v) is 4.94. The quantitative estimate of drug-likeness (QED) is 0.740.